The molecule has 2 heterocycles. The smallest absolute Gasteiger partial charge is 0.262 e. The van der Waals surface area contributed by atoms with Crippen LogP contribution < -0.4 is 4.74 Å². The lowest BCUT2D eigenvalue weighted by molar-refractivity contribution is 0.0645. The first kappa shape index (κ1) is 18.5. The van der Waals surface area contributed by atoms with Crippen molar-refractivity contribution < 1.29 is 14.3 Å². The van der Waals surface area contributed by atoms with Crippen LogP contribution in [0.2, 0.25) is 0 Å². The number of nitrogens with zero attached hydrogens (tertiary/aromatic N) is 2. The Morgan fingerprint density at radius 3 is 2.61 bits per heavy atom. The summed E-state index contributed by atoms with van der Waals surface area (Å²) in [5.74, 6) is 0.321. The summed E-state index contributed by atoms with van der Waals surface area (Å²) in [6, 6.07) is 7.70. The van der Waals surface area contributed by atoms with Crippen molar-refractivity contribution in [3.63, 3.8) is 0 Å². The predicted octanol–water partition coefficient (Wildman–Crippen LogP) is 3.44. The molecular weight excluding hydrogens is 354 g/mol. The molecule has 0 saturated heterocycles. The molecule has 0 radical (unpaired) electrons. The number of hydrogen-bond donors (Lipinski definition) is 1. The van der Waals surface area contributed by atoms with Gasteiger partial charge in [0.1, 0.15) is 5.75 Å². The van der Waals surface area contributed by atoms with E-state index in [1.807, 2.05) is 43.3 Å². The second-order valence-electron chi connectivity index (χ2n) is 7.56. The van der Waals surface area contributed by atoms with Crippen molar-refractivity contribution in [3.8, 4) is 5.75 Å². The zero-order chi connectivity index (χ0) is 20.0. The Morgan fingerprint density at radius 2 is 1.93 bits per heavy atom. The average Bonchev–Trinajstić information content (AvgIpc) is 3.16. The number of methoxy groups -OCH3 is 1. The number of fused-ring (bicyclic) bond motifs is 5. The van der Waals surface area contributed by atoms with E-state index in [4.69, 9.17) is 4.74 Å². The summed E-state index contributed by atoms with van der Waals surface area (Å²) in [4.78, 5) is 33.1. The fourth-order valence-corrected chi connectivity index (χ4v) is 3.98. The van der Waals surface area contributed by atoms with Gasteiger partial charge in [0.2, 0.25) is 0 Å². The highest BCUT2D eigenvalue weighted by molar-refractivity contribution is 6.30. The van der Waals surface area contributed by atoms with Crippen molar-refractivity contribution >= 4 is 33.6 Å². The molecule has 1 aromatic heterocycles. The minimum atomic E-state index is -0.210. The van der Waals surface area contributed by atoms with Crippen LogP contribution in [0.1, 0.15) is 39.6 Å². The molecule has 4 rings (SSSR count). The molecule has 0 saturated carbocycles. The summed E-state index contributed by atoms with van der Waals surface area (Å²) in [7, 11) is 5.49. The van der Waals surface area contributed by atoms with E-state index >= 15 is 0 Å². The lowest BCUT2D eigenvalue weighted by atomic mass is 9.96. The van der Waals surface area contributed by atoms with Crippen LogP contribution in [0, 0.1) is 0 Å². The zero-order valence-electron chi connectivity index (χ0n) is 16.8. The van der Waals surface area contributed by atoms with Crippen LogP contribution in [-0.2, 0) is 6.42 Å². The standard InChI is InChI=1S/C22H25N3O3/c1-5-6-13-11-16-19(22(27)25(21(16)26)10-9-24(2)3)18-15-12-14(28-4)7-8-17(15)23-20(13)18/h7-8,11-12,23H,5-6,9-10H2,1-4H3. The molecule has 6 heteroatoms. The third kappa shape index (κ3) is 2.76. The van der Waals surface area contributed by atoms with Gasteiger partial charge in [-0.05, 0) is 50.3 Å². The number of nitrogens with one attached hydrogen (secondary N) is 1. The van der Waals surface area contributed by atoms with Crippen molar-refractivity contribution in [1.29, 1.82) is 0 Å². The molecule has 3 aromatic rings. The van der Waals surface area contributed by atoms with Gasteiger partial charge in [-0.25, -0.2) is 0 Å². The Kier molecular flexibility index (Phi) is 4.59. The van der Waals surface area contributed by atoms with Crippen molar-refractivity contribution in [2.45, 2.75) is 19.8 Å². The SMILES string of the molecule is CCCc1cc2c(c3c1[nH]c1ccc(OC)cc13)C(=O)N(CCN(C)C)C2=O. The number of aromatic amines is 1. The van der Waals surface area contributed by atoms with Crippen LogP contribution in [0.25, 0.3) is 21.8 Å². The molecule has 2 amide bonds. The number of H-pyrrole nitrogens is 1. The Labute approximate surface area is 164 Å². The van der Waals surface area contributed by atoms with E-state index < -0.39 is 0 Å². The molecule has 0 unspecified atom stereocenters. The van der Waals surface area contributed by atoms with E-state index in [0.29, 0.717) is 24.2 Å². The Morgan fingerprint density at radius 1 is 1.14 bits per heavy atom. The molecule has 1 aliphatic rings. The van der Waals surface area contributed by atoms with Gasteiger partial charge in [0.15, 0.2) is 0 Å². The maximum Gasteiger partial charge on any atom is 0.262 e. The highest BCUT2D eigenvalue weighted by Gasteiger charge is 2.38. The number of benzene rings is 2. The predicted molar refractivity (Wildman–Crippen MR) is 110 cm³/mol. The largest absolute Gasteiger partial charge is 0.497 e. The Balaban J connectivity index is 1.99. The molecule has 146 valence electrons. The minimum absolute atomic E-state index is 0.196. The molecule has 0 spiro atoms. The third-order valence-electron chi connectivity index (χ3n) is 5.39. The summed E-state index contributed by atoms with van der Waals surface area (Å²) in [6.45, 7) is 3.13. The summed E-state index contributed by atoms with van der Waals surface area (Å²) < 4.78 is 5.39. The fraction of sp³-hybridized carbons (Fsp3) is 0.364. The molecular formula is C22H25N3O3. The number of carbonyl (C=O) groups is 2. The van der Waals surface area contributed by atoms with Crippen molar-refractivity contribution in [3.05, 3.63) is 41.0 Å². The van der Waals surface area contributed by atoms with Crippen LogP contribution in [0.3, 0.4) is 0 Å². The molecule has 1 N–H and O–H groups in total. The van der Waals surface area contributed by atoms with Gasteiger partial charge in [0.05, 0.1) is 23.8 Å². The first-order valence-corrected chi connectivity index (χ1v) is 9.62. The number of carbonyl (C=O) groups excluding carboxylic acids is 2. The average molecular weight is 379 g/mol. The molecule has 0 atom stereocenters. The first-order chi connectivity index (χ1) is 13.5. The minimum Gasteiger partial charge on any atom is -0.497 e. The van der Waals surface area contributed by atoms with Crippen LogP contribution in [0.4, 0.5) is 0 Å². The number of aryl methyl sites for hydroxylation is 1. The maximum absolute atomic E-state index is 13.2. The van der Waals surface area contributed by atoms with Gasteiger partial charge >= 0.3 is 0 Å². The third-order valence-corrected chi connectivity index (χ3v) is 5.39. The van der Waals surface area contributed by atoms with Gasteiger partial charge in [-0.15, -0.1) is 0 Å². The lowest BCUT2D eigenvalue weighted by Crippen LogP contribution is -2.35. The number of aromatic nitrogens is 1. The van der Waals surface area contributed by atoms with E-state index in [1.54, 1.807) is 7.11 Å². The molecule has 6 nitrogen and oxygen atoms in total. The van der Waals surface area contributed by atoms with Gasteiger partial charge in [0.25, 0.3) is 11.8 Å². The molecule has 28 heavy (non-hydrogen) atoms. The zero-order valence-corrected chi connectivity index (χ0v) is 16.8. The van der Waals surface area contributed by atoms with Gasteiger partial charge in [0, 0.05) is 29.4 Å². The first-order valence-electron chi connectivity index (χ1n) is 9.62. The number of likely N-dealkylation sites (N-methyl/N-ethyl adjacent to an activating group) is 1. The number of hydrogen-bond acceptors (Lipinski definition) is 4. The van der Waals surface area contributed by atoms with Gasteiger partial charge in [-0.3, -0.25) is 14.5 Å². The van der Waals surface area contributed by atoms with E-state index in [1.165, 1.54) is 4.90 Å². The van der Waals surface area contributed by atoms with E-state index in [-0.39, 0.29) is 11.8 Å². The number of rotatable bonds is 6. The summed E-state index contributed by atoms with van der Waals surface area (Å²) in [5.41, 5.74) is 3.98. The van der Waals surface area contributed by atoms with Crippen LogP contribution in [0.15, 0.2) is 24.3 Å². The van der Waals surface area contributed by atoms with Crippen LogP contribution in [0.5, 0.6) is 5.75 Å². The summed E-state index contributed by atoms with van der Waals surface area (Å²) >= 11 is 0. The normalized spacial score (nSPS) is 14.0. The number of amides is 2. The maximum atomic E-state index is 13.2. The quantitative estimate of drug-likeness (QED) is 0.667. The second kappa shape index (κ2) is 6.95. The van der Waals surface area contributed by atoms with Crippen molar-refractivity contribution in [2.24, 2.45) is 0 Å². The van der Waals surface area contributed by atoms with Gasteiger partial charge in [-0.1, -0.05) is 13.3 Å². The van der Waals surface area contributed by atoms with Gasteiger partial charge < -0.3 is 14.6 Å². The Hall–Kier alpha value is -2.86. The molecule has 2 aromatic carbocycles. The highest BCUT2D eigenvalue weighted by Crippen LogP contribution is 2.38. The highest BCUT2D eigenvalue weighted by atomic mass is 16.5. The van der Waals surface area contributed by atoms with Crippen LogP contribution >= 0.6 is 0 Å². The fourth-order valence-electron chi connectivity index (χ4n) is 3.98. The topological polar surface area (TPSA) is 65.6 Å². The summed E-state index contributed by atoms with van der Waals surface area (Å²) in [5, 5.41) is 1.75. The van der Waals surface area contributed by atoms with Crippen molar-refractivity contribution in [1.82, 2.24) is 14.8 Å². The van der Waals surface area contributed by atoms with E-state index in [9.17, 15) is 9.59 Å². The lowest BCUT2D eigenvalue weighted by Gasteiger charge is -2.16. The van der Waals surface area contributed by atoms with E-state index in [0.717, 1.165) is 46.0 Å². The molecule has 0 bridgehead atoms. The summed E-state index contributed by atoms with van der Waals surface area (Å²) in [6.07, 6.45) is 1.80. The Bertz CT molecular complexity index is 1100. The monoisotopic (exact) mass is 379 g/mol. The van der Waals surface area contributed by atoms with Crippen LogP contribution in [-0.4, -0.2) is 60.9 Å². The number of imide groups is 1. The van der Waals surface area contributed by atoms with E-state index in [2.05, 4.69) is 11.9 Å². The molecule has 0 fully saturated rings. The number of ether oxygens (including phenoxy) is 1. The van der Waals surface area contributed by atoms with Crippen molar-refractivity contribution in [2.75, 3.05) is 34.3 Å². The van der Waals surface area contributed by atoms with Gasteiger partial charge in [-0.2, -0.15) is 0 Å². The second-order valence-corrected chi connectivity index (χ2v) is 7.56. The molecule has 0 aliphatic carbocycles. The molecule has 1 aliphatic heterocycles.